The topological polar surface area (TPSA) is 104 Å². The van der Waals surface area contributed by atoms with Crippen molar-refractivity contribution in [1.29, 1.82) is 0 Å². The van der Waals surface area contributed by atoms with E-state index in [0.29, 0.717) is 17.9 Å². The van der Waals surface area contributed by atoms with E-state index in [2.05, 4.69) is 28.2 Å². The molecule has 0 aliphatic carbocycles. The average Bonchev–Trinajstić information content (AvgIpc) is 3.22. The predicted molar refractivity (Wildman–Crippen MR) is 218 cm³/mol. The van der Waals surface area contributed by atoms with Crippen LogP contribution in [-0.2, 0) is 0 Å². The predicted octanol–water partition coefficient (Wildman–Crippen LogP) is 10.9. The molecule has 6 aromatic rings. The Hall–Kier alpha value is -6.68. The summed E-state index contributed by atoms with van der Waals surface area (Å²) < 4.78 is 34.8. The standard InChI is InChI=1S/C44H46N4O6/c1-6-34(54-42-12-8-10-40(46-31-15-23-36(50-3)24-16-31)44(42)48-33-19-27-38(52-5)28-20-33)29-53-41-11-7-9-39(45-30-13-21-35(49-2)22-14-30)43(41)47-32-17-25-37(51-4)26-18-32/h7-28,34,45-48H,6,29H2,1-5H3. The van der Waals surface area contributed by atoms with Crippen LogP contribution in [0.1, 0.15) is 13.3 Å². The molecule has 54 heavy (non-hydrogen) atoms. The fourth-order valence-corrected chi connectivity index (χ4v) is 5.64. The molecule has 0 spiro atoms. The molecular weight excluding hydrogens is 681 g/mol. The van der Waals surface area contributed by atoms with Crippen molar-refractivity contribution >= 4 is 45.5 Å². The molecule has 0 aromatic heterocycles. The van der Waals surface area contributed by atoms with Gasteiger partial charge < -0.3 is 49.7 Å². The van der Waals surface area contributed by atoms with E-state index in [1.165, 1.54) is 0 Å². The number of anilines is 8. The van der Waals surface area contributed by atoms with Crippen molar-refractivity contribution in [3.63, 3.8) is 0 Å². The molecule has 0 radical (unpaired) electrons. The maximum Gasteiger partial charge on any atom is 0.145 e. The molecule has 4 N–H and O–H groups in total. The zero-order valence-corrected chi connectivity index (χ0v) is 31.1. The first kappa shape index (κ1) is 37.1. The summed E-state index contributed by atoms with van der Waals surface area (Å²) in [6, 6.07) is 43.0. The number of rotatable bonds is 18. The number of methoxy groups -OCH3 is 4. The van der Waals surface area contributed by atoms with Gasteiger partial charge in [0.25, 0.3) is 0 Å². The molecule has 0 aliphatic heterocycles. The minimum absolute atomic E-state index is 0.287. The summed E-state index contributed by atoms with van der Waals surface area (Å²) in [5, 5.41) is 14.2. The van der Waals surface area contributed by atoms with E-state index in [1.54, 1.807) is 28.4 Å². The van der Waals surface area contributed by atoms with Crippen molar-refractivity contribution in [3.8, 4) is 34.5 Å². The third-order valence-electron chi connectivity index (χ3n) is 8.68. The molecule has 0 bridgehead atoms. The van der Waals surface area contributed by atoms with E-state index in [4.69, 9.17) is 28.4 Å². The van der Waals surface area contributed by atoms with E-state index in [1.807, 2.05) is 133 Å². The minimum atomic E-state index is -0.287. The van der Waals surface area contributed by atoms with Crippen LogP contribution in [0.25, 0.3) is 0 Å². The van der Waals surface area contributed by atoms with Crippen molar-refractivity contribution < 1.29 is 28.4 Å². The molecule has 0 heterocycles. The number of hydrogen-bond donors (Lipinski definition) is 4. The molecule has 0 saturated carbocycles. The summed E-state index contributed by atoms with van der Waals surface area (Å²) in [6.45, 7) is 2.38. The Labute approximate surface area is 317 Å². The van der Waals surface area contributed by atoms with E-state index >= 15 is 0 Å². The Balaban J connectivity index is 1.27. The fraction of sp³-hybridized carbons (Fsp3) is 0.182. The van der Waals surface area contributed by atoms with Crippen LogP contribution < -0.4 is 49.7 Å². The van der Waals surface area contributed by atoms with Crippen LogP contribution >= 0.6 is 0 Å². The van der Waals surface area contributed by atoms with Gasteiger partial charge in [0.15, 0.2) is 0 Å². The quantitative estimate of drug-likeness (QED) is 0.0684. The van der Waals surface area contributed by atoms with Crippen LogP contribution in [0, 0.1) is 0 Å². The third kappa shape index (κ3) is 9.60. The van der Waals surface area contributed by atoms with Crippen molar-refractivity contribution in [2.75, 3.05) is 56.3 Å². The van der Waals surface area contributed by atoms with Crippen LogP contribution in [-0.4, -0.2) is 41.2 Å². The smallest absolute Gasteiger partial charge is 0.145 e. The molecule has 1 atom stereocenters. The van der Waals surface area contributed by atoms with E-state index in [-0.39, 0.29) is 12.7 Å². The van der Waals surface area contributed by atoms with Gasteiger partial charge in [-0.25, -0.2) is 0 Å². The number of nitrogens with one attached hydrogen (secondary N) is 4. The molecule has 0 saturated heterocycles. The van der Waals surface area contributed by atoms with Crippen molar-refractivity contribution in [3.05, 3.63) is 133 Å². The zero-order valence-electron chi connectivity index (χ0n) is 31.1. The first-order valence-electron chi connectivity index (χ1n) is 17.7. The molecule has 10 heteroatoms. The highest BCUT2D eigenvalue weighted by molar-refractivity contribution is 5.84. The Morgan fingerprint density at radius 1 is 0.426 bits per heavy atom. The molecule has 1 unspecified atom stereocenters. The highest BCUT2D eigenvalue weighted by atomic mass is 16.5. The van der Waals surface area contributed by atoms with Gasteiger partial charge in [0.05, 0.1) is 39.8 Å². The lowest BCUT2D eigenvalue weighted by Crippen LogP contribution is -2.24. The van der Waals surface area contributed by atoms with Gasteiger partial charge in [-0.1, -0.05) is 19.1 Å². The minimum Gasteiger partial charge on any atom is -0.497 e. The van der Waals surface area contributed by atoms with E-state index in [9.17, 15) is 0 Å². The van der Waals surface area contributed by atoms with Crippen LogP contribution in [0.5, 0.6) is 34.5 Å². The largest absolute Gasteiger partial charge is 0.497 e. The molecule has 278 valence electrons. The number of ether oxygens (including phenoxy) is 6. The molecule has 0 fully saturated rings. The Morgan fingerprint density at radius 3 is 1.15 bits per heavy atom. The maximum absolute atomic E-state index is 6.75. The maximum atomic E-state index is 6.75. The summed E-state index contributed by atoms with van der Waals surface area (Å²) in [4.78, 5) is 0. The molecule has 10 nitrogen and oxygen atoms in total. The second kappa shape index (κ2) is 18.2. The van der Waals surface area contributed by atoms with Gasteiger partial charge in [-0.15, -0.1) is 0 Å². The van der Waals surface area contributed by atoms with Gasteiger partial charge in [-0.05, 0) is 128 Å². The third-order valence-corrected chi connectivity index (χ3v) is 8.68. The number of benzene rings is 6. The highest BCUT2D eigenvalue weighted by Crippen LogP contribution is 2.40. The SMILES string of the molecule is CCC(COc1cccc(Nc2ccc(OC)cc2)c1Nc1ccc(OC)cc1)Oc1cccc(Nc2ccc(OC)cc2)c1Nc1ccc(OC)cc1. The molecule has 6 rings (SSSR count). The summed E-state index contributed by atoms with van der Waals surface area (Å²) >= 11 is 0. The van der Waals surface area contributed by atoms with Gasteiger partial charge in [-0.3, -0.25) is 0 Å². The van der Waals surface area contributed by atoms with Crippen LogP contribution in [0.3, 0.4) is 0 Å². The second-order valence-corrected chi connectivity index (χ2v) is 12.2. The first-order valence-corrected chi connectivity index (χ1v) is 17.7. The molecule has 0 aliphatic rings. The lowest BCUT2D eigenvalue weighted by atomic mass is 10.2. The Kier molecular flexibility index (Phi) is 12.5. The molecule has 6 aromatic carbocycles. The average molecular weight is 727 g/mol. The Bertz CT molecular complexity index is 2070. The monoisotopic (exact) mass is 726 g/mol. The van der Waals surface area contributed by atoms with E-state index in [0.717, 1.165) is 68.5 Å². The Morgan fingerprint density at radius 2 is 0.778 bits per heavy atom. The highest BCUT2D eigenvalue weighted by Gasteiger charge is 2.18. The fourth-order valence-electron chi connectivity index (χ4n) is 5.64. The van der Waals surface area contributed by atoms with Crippen molar-refractivity contribution in [1.82, 2.24) is 0 Å². The molecular formula is C44H46N4O6. The van der Waals surface area contributed by atoms with Gasteiger partial charge >= 0.3 is 0 Å². The van der Waals surface area contributed by atoms with Gasteiger partial charge in [0.1, 0.15) is 58.6 Å². The summed E-state index contributed by atoms with van der Waals surface area (Å²) in [7, 11) is 6.62. The van der Waals surface area contributed by atoms with Gasteiger partial charge in [-0.2, -0.15) is 0 Å². The van der Waals surface area contributed by atoms with Gasteiger partial charge in [0.2, 0.25) is 0 Å². The number of para-hydroxylation sites is 2. The van der Waals surface area contributed by atoms with E-state index < -0.39 is 0 Å². The summed E-state index contributed by atoms with van der Waals surface area (Å²) in [5.41, 5.74) is 6.80. The summed E-state index contributed by atoms with van der Waals surface area (Å²) in [6.07, 6.45) is 0.410. The number of hydrogen-bond acceptors (Lipinski definition) is 10. The van der Waals surface area contributed by atoms with Crippen LogP contribution in [0.4, 0.5) is 45.5 Å². The lowest BCUT2D eigenvalue weighted by Gasteiger charge is -2.24. The molecule has 0 amide bonds. The zero-order chi connectivity index (χ0) is 37.7. The van der Waals surface area contributed by atoms with Crippen molar-refractivity contribution in [2.24, 2.45) is 0 Å². The van der Waals surface area contributed by atoms with Crippen molar-refractivity contribution in [2.45, 2.75) is 19.4 Å². The van der Waals surface area contributed by atoms with Crippen LogP contribution in [0.15, 0.2) is 133 Å². The second-order valence-electron chi connectivity index (χ2n) is 12.2. The first-order chi connectivity index (χ1) is 26.5. The normalized spacial score (nSPS) is 11.1. The van der Waals surface area contributed by atoms with Gasteiger partial charge in [0, 0.05) is 22.7 Å². The lowest BCUT2D eigenvalue weighted by molar-refractivity contribution is 0.126. The summed E-state index contributed by atoms with van der Waals surface area (Å²) in [5.74, 6) is 4.44. The van der Waals surface area contributed by atoms with Crippen LogP contribution in [0.2, 0.25) is 0 Å².